The van der Waals surface area contributed by atoms with E-state index < -0.39 is 11.9 Å². The zero-order valence-corrected chi connectivity index (χ0v) is 25.5. The largest absolute Gasteiger partial charge is 0.478 e. The van der Waals surface area contributed by atoms with E-state index >= 15 is 0 Å². The zero-order chi connectivity index (χ0) is 33.6. The molecular formula is C35H27N7O6. The van der Waals surface area contributed by atoms with Crippen molar-refractivity contribution in [2.24, 2.45) is 0 Å². The molecule has 0 aliphatic carbocycles. The van der Waals surface area contributed by atoms with Crippen molar-refractivity contribution in [1.29, 1.82) is 0 Å². The van der Waals surface area contributed by atoms with E-state index in [-0.39, 0.29) is 23.9 Å². The van der Waals surface area contributed by atoms with Gasteiger partial charge in [-0.1, -0.05) is 29.5 Å². The molecule has 0 atom stereocenters. The van der Waals surface area contributed by atoms with E-state index in [9.17, 15) is 24.3 Å². The van der Waals surface area contributed by atoms with Crippen LogP contribution in [0.3, 0.4) is 0 Å². The van der Waals surface area contributed by atoms with Crippen molar-refractivity contribution < 1.29 is 29.0 Å². The highest BCUT2D eigenvalue weighted by molar-refractivity contribution is 6.15. The van der Waals surface area contributed by atoms with Gasteiger partial charge in [0.25, 0.3) is 11.8 Å². The first-order chi connectivity index (χ1) is 23.3. The van der Waals surface area contributed by atoms with E-state index in [4.69, 9.17) is 4.74 Å². The van der Waals surface area contributed by atoms with Crippen molar-refractivity contribution in [3.05, 3.63) is 126 Å². The molecule has 3 aromatic carbocycles. The number of carbonyl (C=O) groups excluding carboxylic acids is 3. The summed E-state index contributed by atoms with van der Waals surface area (Å²) in [5, 5.41) is 24.0. The van der Waals surface area contributed by atoms with Crippen molar-refractivity contribution in [3.63, 3.8) is 0 Å². The number of carboxylic acid groups (broad SMARTS) is 1. The highest BCUT2D eigenvalue weighted by Crippen LogP contribution is 2.25. The number of aromatic nitrogens is 5. The van der Waals surface area contributed by atoms with Gasteiger partial charge in [-0.3, -0.25) is 14.4 Å². The number of hydrogen-bond acceptors (Lipinski definition) is 9. The Morgan fingerprint density at radius 2 is 1.35 bits per heavy atom. The van der Waals surface area contributed by atoms with Crippen LogP contribution >= 0.6 is 0 Å². The molecule has 13 heteroatoms. The van der Waals surface area contributed by atoms with E-state index in [2.05, 4.69) is 30.9 Å². The van der Waals surface area contributed by atoms with Gasteiger partial charge in [0.2, 0.25) is 0 Å². The SMILES string of the molecule is CCOC(=O)Cc1cn(-c2ccc(C(=O)Nc3ccc(-c4ccc(NC(=O)c5cccc6c(C(=O)O)cccc56)nc4)cn3)cc2)nn1. The maximum absolute atomic E-state index is 13.1. The average Bonchev–Trinajstić information content (AvgIpc) is 3.56. The third kappa shape index (κ3) is 6.89. The highest BCUT2D eigenvalue weighted by atomic mass is 16.5. The van der Waals surface area contributed by atoms with Gasteiger partial charge in [-0.2, -0.15) is 0 Å². The van der Waals surface area contributed by atoms with Crippen LogP contribution in [-0.2, 0) is 16.0 Å². The lowest BCUT2D eigenvalue weighted by atomic mass is 9.99. The molecule has 238 valence electrons. The predicted octanol–water partition coefficient (Wildman–Crippen LogP) is 5.19. The topological polar surface area (TPSA) is 178 Å². The summed E-state index contributed by atoms with van der Waals surface area (Å²) < 4.78 is 6.44. The van der Waals surface area contributed by atoms with Crippen LogP contribution in [0, 0.1) is 0 Å². The number of ether oxygens (including phenoxy) is 1. The summed E-state index contributed by atoms with van der Waals surface area (Å²) >= 11 is 0. The number of benzene rings is 3. The van der Waals surface area contributed by atoms with Gasteiger partial charge in [-0.15, -0.1) is 5.10 Å². The summed E-state index contributed by atoms with van der Waals surface area (Å²) in [4.78, 5) is 57.9. The number of nitrogens with one attached hydrogen (secondary N) is 2. The van der Waals surface area contributed by atoms with E-state index in [1.54, 1.807) is 104 Å². The minimum atomic E-state index is -1.07. The van der Waals surface area contributed by atoms with Crippen LogP contribution in [0.5, 0.6) is 0 Å². The minimum Gasteiger partial charge on any atom is -0.478 e. The van der Waals surface area contributed by atoms with Crippen molar-refractivity contribution in [3.8, 4) is 16.8 Å². The molecule has 0 spiro atoms. The van der Waals surface area contributed by atoms with E-state index in [0.717, 1.165) is 11.1 Å². The molecule has 3 aromatic heterocycles. The predicted molar refractivity (Wildman–Crippen MR) is 176 cm³/mol. The maximum Gasteiger partial charge on any atom is 0.336 e. The second kappa shape index (κ2) is 13.7. The summed E-state index contributed by atoms with van der Waals surface area (Å²) in [6.07, 6.45) is 4.84. The number of carboxylic acids is 1. The van der Waals surface area contributed by atoms with Crippen LogP contribution in [-0.4, -0.2) is 60.4 Å². The first-order valence-corrected chi connectivity index (χ1v) is 14.8. The van der Waals surface area contributed by atoms with Crippen LogP contribution in [0.2, 0.25) is 0 Å². The Bertz CT molecular complexity index is 2140. The van der Waals surface area contributed by atoms with Crippen molar-refractivity contribution >= 4 is 46.2 Å². The zero-order valence-electron chi connectivity index (χ0n) is 25.5. The maximum atomic E-state index is 13.1. The second-order valence-electron chi connectivity index (χ2n) is 10.5. The standard InChI is InChI=1S/C35H27N7O6/c1-2-48-32(43)17-24-20-42(41-40-24)25-13-9-21(10-14-25)33(44)38-30-15-11-22(18-36-30)23-12-16-31(37-19-23)39-34(45)28-7-3-6-27-26(28)5-4-8-29(27)35(46)47/h3-16,18-20H,2,17H2,1H3,(H,46,47)(H,36,38,44)(H,37,39,45). The van der Waals surface area contributed by atoms with Gasteiger partial charge < -0.3 is 20.5 Å². The number of carbonyl (C=O) groups is 4. The van der Waals surface area contributed by atoms with Gasteiger partial charge >= 0.3 is 11.9 Å². The van der Waals surface area contributed by atoms with Crippen LogP contribution < -0.4 is 10.6 Å². The Labute approximate surface area is 273 Å². The summed E-state index contributed by atoms with van der Waals surface area (Å²) in [5.74, 6) is -1.55. The lowest BCUT2D eigenvalue weighted by molar-refractivity contribution is -0.142. The number of aromatic carboxylic acids is 1. The van der Waals surface area contributed by atoms with Gasteiger partial charge in [0, 0.05) is 34.6 Å². The Balaban J connectivity index is 1.06. The van der Waals surface area contributed by atoms with Gasteiger partial charge in [0.1, 0.15) is 11.6 Å². The second-order valence-corrected chi connectivity index (χ2v) is 10.5. The Kier molecular flexibility index (Phi) is 8.92. The normalized spacial score (nSPS) is 10.8. The van der Waals surface area contributed by atoms with Gasteiger partial charge in [-0.05, 0) is 78.4 Å². The number of rotatable bonds is 10. The Hall–Kier alpha value is -6.76. The molecule has 0 unspecified atom stereocenters. The van der Waals surface area contributed by atoms with Crippen molar-refractivity contribution in [2.45, 2.75) is 13.3 Å². The average molecular weight is 642 g/mol. The number of pyridine rings is 2. The van der Waals surface area contributed by atoms with Crippen LogP contribution in [0.15, 0.2) is 104 Å². The fraction of sp³-hybridized carbons (Fsp3) is 0.0857. The molecule has 3 N–H and O–H groups in total. The summed E-state index contributed by atoms with van der Waals surface area (Å²) in [7, 11) is 0. The van der Waals surface area contributed by atoms with E-state index in [1.165, 1.54) is 10.7 Å². The van der Waals surface area contributed by atoms with E-state index in [0.29, 0.717) is 51.5 Å². The van der Waals surface area contributed by atoms with Gasteiger partial charge in [0.15, 0.2) is 0 Å². The van der Waals surface area contributed by atoms with Gasteiger partial charge in [-0.25, -0.2) is 19.4 Å². The van der Waals surface area contributed by atoms with Crippen molar-refractivity contribution in [1.82, 2.24) is 25.0 Å². The van der Waals surface area contributed by atoms with E-state index in [1.807, 2.05) is 0 Å². The number of fused-ring (bicyclic) bond motifs is 1. The molecule has 3 heterocycles. The number of hydrogen-bond donors (Lipinski definition) is 3. The Morgan fingerprint density at radius 3 is 1.94 bits per heavy atom. The fourth-order valence-corrected chi connectivity index (χ4v) is 4.97. The fourth-order valence-electron chi connectivity index (χ4n) is 4.97. The number of anilines is 2. The summed E-state index contributed by atoms with van der Waals surface area (Å²) in [6.45, 7) is 2.03. The molecule has 0 radical (unpaired) electrons. The molecule has 48 heavy (non-hydrogen) atoms. The molecule has 0 aliphatic heterocycles. The number of amides is 2. The van der Waals surface area contributed by atoms with Crippen LogP contribution in [0.4, 0.5) is 11.6 Å². The lowest BCUT2D eigenvalue weighted by Gasteiger charge is -2.10. The monoisotopic (exact) mass is 641 g/mol. The molecule has 2 amide bonds. The first-order valence-electron chi connectivity index (χ1n) is 14.8. The smallest absolute Gasteiger partial charge is 0.336 e. The van der Waals surface area contributed by atoms with Crippen LogP contribution in [0.25, 0.3) is 27.6 Å². The lowest BCUT2D eigenvalue weighted by Crippen LogP contribution is -2.13. The van der Waals surface area contributed by atoms with Crippen molar-refractivity contribution in [2.75, 3.05) is 17.2 Å². The first kappa shape index (κ1) is 31.2. The highest BCUT2D eigenvalue weighted by Gasteiger charge is 2.16. The molecule has 6 rings (SSSR count). The molecule has 0 saturated heterocycles. The molecule has 6 aromatic rings. The summed E-state index contributed by atoms with van der Waals surface area (Å²) in [5.41, 5.74) is 3.47. The number of esters is 1. The minimum absolute atomic E-state index is 0.0200. The summed E-state index contributed by atoms with van der Waals surface area (Å²) in [6, 6.07) is 23.3. The van der Waals surface area contributed by atoms with Gasteiger partial charge in [0.05, 0.1) is 36.2 Å². The molecule has 13 nitrogen and oxygen atoms in total. The Morgan fingerprint density at radius 1 is 0.750 bits per heavy atom. The molecule has 0 aliphatic rings. The number of nitrogens with zero attached hydrogens (tertiary/aromatic N) is 5. The molecule has 0 fully saturated rings. The third-order valence-corrected chi connectivity index (χ3v) is 7.31. The molecular weight excluding hydrogens is 614 g/mol. The molecule has 0 saturated carbocycles. The third-order valence-electron chi connectivity index (χ3n) is 7.31. The quantitative estimate of drug-likeness (QED) is 0.169. The molecule has 0 bridgehead atoms. The van der Waals surface area contributed by atoms with Crippen LogP contribution in [0.1, 0.15) is 43.7 Å².